The minimum atomic E-state index is -0.381. The lowest BCUT2D eigenvalue weighted by molar-refractivity contribution is 0.0935. The summed E-state index contributed by atoms with van der Waals surface area (Å²) in [5, 5.41) is 5.91. The van der Waals surface area contributed by atoms with Gasteiger partial charge in [-0.25, -0.2) is 9.37 Å². The predicted molar refractivity (Wildman–Crippen MR) is 81.1 cm³/mol. The standard InChI is InChI=1S/C15H15ClFN3O/c1-9(10-3-5-11(17)6-4-10)19-15(21)14-12(16)7-8-13(18-2)20-14/h3-9H,1-2H3,(H,18,20)(H,19,21). The lowest BCUT2D eigenvalue weighted by Gasteiger charge is -2.15. The fraction of sp³-hybridized carbons (Fsp3) is 0.200. The molecule has 0 radical (unpaired) electrons. The van der Waals surface area contributed by atoms with E-state index >= 15 is 0 Å². The van der Waals surface area contributed by atoms with Crippen LogP contribution in [0.5, 0.6) is 0 Å². The molecule has 21 heavy (non-hydrogen) atoms. The Morgan fingerprint density at radius 3 is 2.52 bits per heavy atom. The van der Waals surface area contributed by atoms with Crippen LogP contribution in [-0.4, -0.2) is 17.9 Å². The van der Waals surface area contributed by atoms with Crippen LogP contribution < -0.4 is 10.6 Å². The first kappa shape index (κ1) is 15.3. The van der Waals surface area contributed by atoms with Crippen LogP contribution in [0.1, 0.15) is 29.0 Å². The van der Waals surface area contributed by atoms with Gasteiger partial charge in [0.25, 0.3) is 5.91 Å². The maximum absolute atomic E-state index is 12.9. The summed E-state index contributed by atoms with van der Waals surface area (Å²) in [5.74, 6) is -0.142. The van der Waals surface area contributed by atoms with Crippen LogP contribution in [0.15, 0.2) is 36.4 Å². The molecule has 4 nitrogen and oxygen atoms in total. The predicted octanol–water partition coefficient (Wildman–Crippen LogP) is 3.41. The minimum Gasteiger partial charge on any atom is -0.373 e. The lowest BCUT2D eigenvalue weighted by Crippen LogP contribution is -2.27. The average molecular weight is 308 g/mol. The zero-order valence-electron chi connectivity index (χ0n) is 11.7. The van der Waals surface area contributed by atoms with Crippen LogP contribution >= 0.6 is 11.6 Å². The van der Waals surface area contributed by atoms with Gasteiger partial charge in [-0.15, -0.1) is 0 Å². The molecule has 0 fully saturated rings. The number of carbonyl (C=O) groups is 1. The molecular weight excluding hydrogens is 293 g/mol. The molecule has 1 aromatic heterocycles. The van der Waals surface area contributed by atoms with E-state index in [1.54, 1.807) is 38.2 Å². The second kappa shape index (κ2) is 6.54. The fourth-order valence-electron chi connectivity index (χ4n) is 1.84. The summed E-state index contributed by atoms with van der Waals surface area (Å²) in [6.07, 6.45) is 0. The maximum atomic E-state index is 12.9. The number of anilines is 1. The molecule has 6 heteroatoms. The molecule has 1 atom stereocenters. The second-order valence-corrected chi connectivity index (χ2v) is 4.93. The highest BCUT2D eigenvalue weighted by atomic mass is 35.5. The van der Waals surface area contributed by atoms with Crippen molar-refractivity contribution in [2.45, 2.75) is 13.0 Å². The molecule has 0 aliphatic carbocycles. The zero-order valence-corrected chi connectivity index (χ0v) is 12.4. The lowest BCUT2D eigenvalue weighted by atomic mass is 10.1. The fourth-order valence-corrected chi connectivity index (χ4v) is 2.03. The van der Waals surface area contributed by atoms with Crippen LogP contribution in [0.4, 0.5) is 10.2 Å². The van der Waals surface area contributed by atoms with Gasteiger partial charge < -0.3 is 10.6 Å². The summed E-state index contributed by atoms with van der Waals surface area (Å²) in [6, 6.07) is 8.96. The normalized spacial score (nSPS) is 11.8. The summed E-state index contributed by atoms with van der Waals surface area (Å²) in [5.41, 5.74) is 0.947. The Kier molecular flexibility index (Phi) is 4.75. The van der Waals surface area contributed by atoms with E-state index in [1.165, 1.54) is 12.1 Å². The van der Waals surface area contributed by atoms with Gasteiger partial charge in [0.05, 0.1) is 11.1 Å². The van der Waals surface area contributed by atoms with Crippen molar-refractivity contribution in [1.82, 2.24) is 10.3 Å². The maximum Gasteiger partial charge on any atom is 0.271 e. The number of amides is 1. The third kappa shape index (κ3) is 3.70. The van der Waals surface area contributed by atoms with Crippen LogP contribution in [-0.2, 0) is 0 Å². The number of benzene rings is 1. The van der Waals surface area contributed by atoms with E-state index in [-0.39, 0.29) is 28.5 Å². The number of carbonyl (C=O) groups excluding carboxylic acids is 1. The Labute approximate surface area is 127 Å². The molecule has 2 N–H and O–H groups in total. The van der Waals surface area contributed by atoms with E-state index < -0.39 is 0 Å². The molecule has 0 saturated heterocycles. The first-order valence-corrected chi connectivity index (χ1v) is 6.79. The summed E-state index contributed by atoms with van der Waals surface area (Å²) in [4.78, 5) is 16.4. The minimum absolute atomic E-state index is 0.150. The molecular formula is C15H15ClFN3O. The van der Waals surface area contributed by atoms with Crippen molar-refractivity contribution in [2.75, 3.05) is 12.4 Å². The molecule has 0 bridgehead atoms. The molecule has 0 spiro atoms. The zero-order chi connectivity index (χ0) is 15.4. The number of nitrogens with one attached hydrogen (secondary N) is 2. The molecule has 2 aromatic rings. The molecule has 0 saturated carbocycles. The number of halogens is 2. The molecule has 2 rings (SSSR count). The summed E-state index contributed by atoms with van der Waals surface area (Å²) in [7, 11) is 1.71. The average Bonchev–Trinajstić information content (AvgIpc) is 2.48. The monoisotopic (exact) mass is 307 g/mol. The Morgan fingerprint density at radius 2 is 1.90 bits per heavy atom. The largest absolute Gasteiger partial charge is 0.373 e. The molecule has 1 amide bonds. The molecule has 110 valence electrons. The quantitative estimate of drug-likeness (QED) is 0.910. The number of rotatable bonds is 4. The molecule has 1 heterocycles. The topological polar surface area (TPSA) is 54.0 Å². The number of nitrogens with zero attached hydrogens (tertiary/aromatic N) is 1. The van der Waals surface area contributed by atoms with Crippen molar-refractivity contribution in [3.63, 3.8) is 0 Å². The summed E-state index contributed by atoms with van der Waals surface area (Å²) in [6.45, 7) is 1.81. The van der Waals surface area contributed by atoms with E-state index in [9.17, 15) is 9.18 Å². The number of pyridine rings is 1. The first-order chi connectivity index (χ1) is 10.0. The van der Waals surface area contributed by atoms with Crippen molar-refractivity contribution in [2.24, 2.45) is 0 Å². The smallest absolute Gasteiger partial charge is 0.271 e. The Hall–Kier alpha value is -2.14. The van der Waals surface area contributed by atoms with Gasteiger partial charge in [-0.2, -0.15) is 0 Å². The van der Waals surface area contributed by atoms with Crippen molar-refractivity contribution in [1.29, 1.82) is 0 Å². The molecule has 1 unspecified atom stereocenters. The summed E-state index contributed by atoms with van der Waals surface area (Å²) < 4.78 is 12.9. The van der Waals surface area contributed by atoms with E-state index in [4.69, 9.17) is 11.6 Å². The second-order valence-electron chi connectivity index (χ2n) is 4.52. The van der Waals surface area contributed by atoms with Gasteiger partial charge in [-0.3, -0.25) is 4.79 Å². The van der Waals surface area contributed by atoms with Gasteiger partial charge in [0.2, 0.25) is 0 Å². The molecule has 0 aliphatic rings. The Morgan fingerprint density at radius 1 is 1.24 bits per heavy atom. The van der Waals surface area contributed by atoms with Crippen molar-refractivity contribution in [3.8, 4) is 0 Å². The number of hydrogen-bond acceptors (Lipinski definition) is 3. The van der Waals surface area contributed by atoms with E-state index in [0.29, 0.717) is 5.82 Å². The van der Waals surface area contributed by atoms with Gasteiger partial charge in [0.15, 0.2) is 0 Å². The summed E-state index contributed by atoms with van der Waals surface area (Å²) >= 11 is 6.00. The third-order valence-corrected chi connectivity index (χ3v) is 3.34. The van der Waals surface area contributed by atoms with Crippen LogP contribution in [0.25, 0.3) is 0 Å². The van der Waals surface area contributed by atoms with Crippen molar-refractivity contribution < 1.29 is 9.18 Å². The van der Waals surface area contributed by atoms with E-state index in [1.807, 2.05) is 0 Å². The molecule has 0 aliphatic heterocycles. The number of aromatic nitrogens is 1. The van der Waals surface area contributed by atoms with Gasteiger partial charge >= 0.3 is 0 Å². The third-order valence-electron chi connectivity index (χ3n) is 3.03. The van der Waals surface area contributed by atoms with E-state index in [2.05, 4.69) is 15.6 Å². The van der Waals surface area contributed by atoms with Gasteiger partial charge in [0.1, 0.15) is 17.3 Å². The highest BCUT2D eigenvalue weighted by Crippen LogP contribution is 2.18. The van der Waals surface area contributed by atoms with Crippen molar-refractivity contribution in [3.05, 3.63) is 58.5 Å². The van der Waals surface area contributed by atoms with Crippen LogP contribution in [0.2, 0.25) is 5.02 Å². The number of hydrogen-bond donors (Lipinski definition) is 2. The Bertz CT molecular complexity index is 646. The van der Waals surface area contributed by atoms with Gasteiger partial charge in [-0.05, 0) is 36.8 Å². The highest BCUT2D eigenvalue weighted by molar-refractivity contribution is 6.33. The van der Waals surface area contributed by atoms with Crippen LogP contribution in [0, 0.1) is 5.82 Å². The van der Waals surface area contributed by atoms with Gasteiger partial charge in [-0.1, -0.05) is 23.7 Å². The SMILES string of the molecule is CNc1ccc(Cl)c(C(=O)NC(C)c2ccc(F)cc2)n1. The van der Waals surface area contributed by atoms with Crippen molar-refractivity contribution >= 4 is 23.3 Å². The van der Waals surface area contributed by atoms with Crippen LogP contribution in [0.3, 0.4) is 0 Å². The Balaban J connectivity index is 2.15. The highest BCUT2D eigenvalue weighted by Gasteiger charge is 2.16. The van der Waals surface area contributed by atoms with E-state index in [0.717, 1.165) is 5.56 Å². The first-order valence-electron chi connectivity index (χ1n) is 6.42. The van der Waals surface area contributed by atoms with Gasteiger partial charge in [0, 0.05) is 7.05 Å². The molecule has 1 aromatic carbocycles.